The molecule has 4 aromatic carbocycles. The molecule has 0 unspecified atom stereocenters. The minimum absolute atomic E-state index is 0.00882. The Balaban J connectivity index is 1.44. The monoisotopic (exact) mass is 488 g/mol. The summed E-state index contributed by atoms with van der Waals surface area (Å²) in [7, 11) is 1.68. The molecule has 0 radical (unpaired) electrons. The number of benzene rings is 4. The summed E-state index contributed by atoms with van der Waals surface area (Å²) in [6.45, 7) is 0.646. The van der Waals surface area contributed by atoms with E-state index >= 15 is 0 Å². The number of aromatic amines is 1. The van der Waals surface area contributed by atoms with Gasteiger partial charge in [-0.15, -0.1) is 0 Å². The molecule has 5 aromatic rings. The number of carbonyl (C=O) groups excluding carboxylic acids is 1. The number of methoxy groups -OCH3 is 1. The zero-order valence-electron chi connectivity index (χ0n) is 20.2. The summed E-state index contributed by atoms with van der Waals surface area (Å²) >= 11 is 0. The lowest BCUT2D eigenvalue weighted by molar-refractivity contribution is 0.0737. The van der Waals surface area contributed by atoms with Crippen LogP contribution in [0.25, 0.3) is 22.2 Å². The molecular weight excluding hydrogens is 464 g/mol. The Labute approximate surface area is 214 Å². The second kappa shape index (κ2) is 8.45. The number of ether oxygens (including phenoxy) is 3. The highest BCUT2D eigenvalue weighted by molar-refractivity contribution is 6.02. The maximum absolute atomic E-state index is 13.9. The van der Waals surface area contributed by atoms with Gasteiger partial charge in [0, 0.05) is 34.1 Å². The fourth-order valence-corrected chi connectivity index (χ4v) is 5.59. The Morgan fingerprint density at radius 1 is 0.892 bits per heavy atom. The summed E-state index contributed by atoms with van der Waals surface area (Å²) in [6, 6.07) is 29.7. The highest BCUT2D eigenvalue weighted by Gasteiger charge is 2.40. The van der Waals surface area contributed by atoms with Crippen molar-refractivity contribution >= 4 is 16.8 Å². The van der Waals surface area contributed by atoms with E-state index in [0.717, 1.165) is 55.9 Å². The van der Waals surface area contributed by atoms with Crippen LogP contribution in [0.4, 0.5) is 0 Å². The molecule has 0 saturated carbocycles. The minimum Gasteiger partial charge on any atom is -0.496 e. The molecule has 0 bridgehead atoms. The van der Waals surface area contributed by atoms with Crippen molar-refractivity contribution in [2.24, 2.45) is 0 Å². The number of carbonyl (C=O) groups is 1. The van der Waals surface area contributed by atoms with Crippen molar-refractivity contribution in [1.82, 2.24) is 9.88 Å². The second-order valence-corrected chi connectivity index (χ2v) is 9.27. The number of para-hydroxylation sites is 2. The van der Waals surface area contributed by atoms with Crippen LogP contribution in [0.5, 0.6) is 17.2 Å². The summed E-state index contributed by atoms with van der Waals surface area (Å²) in [5.41, 5.74) is 6.67. The molecule has 6 heteroatoms. The summed E-state index contributed by atoms with van der Waals surface area (Å²) in [4.78, 5) is 19.5. The largest absolute Gasteiger partial charge is 0.496 e. The van der Waals surface area contributed by atoms with Crippen molar-refractivity contribution in [1.29, 1.82) is 0 Å². The Morgan fingerprint density at radius 2 is 1.65 bits per heavy atom. The van der Waals surface area contributed by atoms with Crippen molar-refractivity contribution in [3.8, 4) is 28.5 Å². The molecule has 6 nitrogen and oxygen atoms in total. The molecular formula is C31H24N2O4. The molecule has 1 amide bonds. The zero-order valence-corrected chi connectivity index (χ0v) is 20.2. The Morgan fingerprint density at radius 3 is 2.54 bits per heavy atom. The number of nitrogens with one attached hydrogen (secondary N) is 1. The highest BCUT2D eigenvalue weighted by atomic mass is 16.7. The molecule has 3 heterocycles. The van der Waals surface area contributed by atoms with Crippen molar-refractivity contribution in [2.45, 2.75) is 12.6 Å². The van der Waals surface area contributed by atoms with E-state index in [1.807, 2.05) is 71.6 Å². The molecule has 2 aliphatic rings. The summed E-state index contributed by atoms with van der Waals surface area (Å²) in [6.07, 6.45) is 0. The van der Waals surface area contributed by atoms with E-state index < -0.39 is 0 Å². The van der Waals surface area contributed by atoms with Gasteiger partial charge in [-0.1, -0.05) is 54.6 Å². The van der Waals surface area contributed by atoms with Gasteiger partial charge in [0.25, 0.3) is 5.91 Å². The topological polar surface area (TPSA) is 63.8 Å². The molecule has 0 aliphatic carbocycles. The van der Waals surface area contributed by atoms with E-state index in [2.05, 4.69) is 29.2 Å². The van der Waals surface area contributed by atoms with Crippen LogP contribution in [0, 0.1) is 0 Å². The molecule has 2 aliphatic heterocycles. The number of H-pyrrole nitrogens is 1. The lowest BCUT2D eigenvalue weighted by Gasteiger charge is -2.27. The van der Waals surface area contributed by atoms with Gasteiger partial charge in [-0.2, -0.15) is 0 Å². The predicted molar refractivity (Wildman–Crippen MR) is 141 cm³/mol. The molecule has 1 atom stereocenters. The summed E-state index contributed by atoms with van der Waals surface area (Å²) in [5.74, 6) is 2.22. The first-order valence-electron chi connectivity index (χ1n) is 12.3. The van der Waals surface area contributed by atoms with Gasteiger partial charge in [0.2, 0.25) is 6.79 Å². The first-order valence-corrected chi connectivity index (χ1v) is 12.3. The number of fused-ring (bicyclic) bond motifs is 3. The number of nitrogens with zero attached hydrogens (tertiary/aromatic N) is 1. The molecule has 0 fully saturated rings. The van der Waals surface area contributed by atoms with E-state index in [4.69, 9.17) is 14.2 Å². The Hall–Kier alpha value is -4.71. The van der Waals surface area contributed by atoms with Crippen LogP contribution in [0.15, 0.2) is 91.0 Å². The molecule has 37 heavy (non-hydrogen) atoms. The van der Waals surface area contributed by atoms with Gasteiger partial charge in [-0.25, -0.2) is 0 Å². The number of aromatic nitrogens is 1. The number of rotatable bonds is 5. The lowest BCUT2D eigenvalue weighted by atomic mass is 9.92. The molecule has 7 rings (SSSR count). The van der Waals surface area contributed by atoms with Gasteiger partial charge >= 0.3 is 0 Å². The molecule has 1 N–H and O–H groups in total. The highest BCUT2D eigenvalue weighted by Crippen LogP contribution is 2.47. The van der Waals surface area contributed by atoms with Crippen LogP contribution in [0.2, 0.25) is 0 Å². The number of hydrogen-bond donors (Lipinski definition) is 1. The Bertz CT molecular complexity index is 1670. The van der Waals surface area contributed by atoms with E-state index in [9.17, 15) is 4.79 Å². The van der Waals surface area contributed by atoms with Crippen molar-refractivity contribution in [2.75, 3.05) is 13.9 Å². The fourth-order valence-electron chi connectivity index (χ4n) is 5.59. The van der Waals surface area contributed by atoms with Crippen LogP contribution < -0.4 is 14.2 Å². The SMILES string of the molecule is COc1ccccc1-c1[nH]c2ccccc2c1[C@@H]1c2ccccc2C(=O)N1Cc1ccc2c(c1)OCO2. The number of amides is 1. The van der Waals surface area contributed by atoms with Crippen LogP contribution in [-0.2, 0) is 6.54 Å². The quantitative estimate of drug-likeness (QED) is 0.315. The van der Waals surface area contributed by atoms with Gasteiger partial charge in [0.15, 0.2) is 11.5 Å². The van der Waals surface area contributed by atoms with Crippen molar-refractivity contribution in [3.05, 3.63) is 113 Å². The maximum Gasteiger partial charge on any atom is 0.255 e. The molecule has 182 valence electrons. The van der Waals surface area contributed by atoms with Gasteiger partial charge in [-0.3, -0.25) is 4.79 Å². The van der Waals surface area contributed by atoms with Crippen molar-refractivity contribution < 1.29 is 19.0 Å². The first-order chi connectivity index (χ1) is 18.2. The predicted octanol–water partition coefficient (Wildman–Crippen LogP) is 6.32. The number of hydrogen-bond acceptors (Lipinski definition) is 4. The second-order valence-electron chi connectivity index (χ2n) is 9.27. The van der Waals surface area contributed by atoms with E-state index in [0.29, 0.717) is 12.3 Å². The van der Waals surface area contributed by atoms with Crippen LogP contribution in [-0.4, -0.2) is 29.7 Å². The van der Waals surface area contributed by atoms with Gasteiger partial charge in [-0.05, 0) is 47.5 Å². The average molecular weight is 489 g/mol. The summed E-state index contributed by atoms with van der Waals surface area (Å²) in [5, 5.41) is 1.08. The maximum atomic E-state index is 13.9. The third kappa shape index (κ3) is 3.37. The molecule has 0 spiro atoms. The normalized spacial score (nSPS) is 15.9. The van der Waals surface area contributed by atoms with Gasteiger partial charge in [0.1, 0.15) is 5.75 Å². The fraction of sp³-hybridized carbons (Fsp3) is 0.129. The first kappa shape index (κ1) is 21.6. The van der Waals surface area contributed by atoms with E-state index in [1.165, 1.54) is 0 Å². The standard InChI is InChI=1S/C31H24N2O4/c1-35-25-13-7-5-11-23(25)29-28(22-10-4-6-12-24(22)32-29)30-20-8-2-3-9-21(20)31(34)33(30)17-19-14-15-26-27(16-19)37-18-36-26/h2-16,30,32H,17-18H2,1H3/t30-/m0/s1. The average Bonchev–Trinajstić information content (AvgIpc) is 3.63. The zero-order chi connectivity index (χ0) is 24.9. The molecule has 0 saturated heterocycles. The van der Waals surface area contributed by atoms with Gasteiger partial charge < -0.3 is 24.1 Å². The Kier molecular flexibility index (Phi) is 4.92. The van der Waals surface area contributed by atoms with Crippen LogP contribution in [0.1, 0.15) is 33.1 Å². The third-order valence-corrected chi connectivity index (χ3v) is 7.24. The molecule has 1 aromatic heterocycles. The smallest absolute Gasteiger partial charge is 0.255 e. The van der Waals surface area contributed by atoms with Crippen molar-refractivity contribution in [3.63, 3.8) is 0 Å². The van der Waals surface area contributed by atoms with E-state index in [1.54, 1.807) is 7.11 Å². The van der Waals surface area contributed by atoms with Crippen LogP contribution in [0.3, 0.4) is 0 Å². The third-order valence-electron chi connectivity index (χ3n) is 7.24. The van der Waals surface area contributed by atoms with Crippen LogP contribution >= 0.6 is 0 Å². The van der Waals surface area contributed by atoms with E-state index in [-0.39, 0.29) is 18.7 Å². The minimum atomic E-state index is -0.287. The van der Waals surface area contributed by atoms with Gasteiger partial charge in [0.05, 0.1) is 18.8 Å². The summed E-state index contributed by atoms with van der Waals surface area (Å²) < 4.78 is 16.8. The lowest BCUT2D eigenvalue weighted by Crippen LogP contribution is -2.28.